The summed E-state index contributed by atoms with van der Waals surface area (Å²) in [6.45, 7) is 5.89. The zero-order valence-corrected chi connectivity index (χ0v) is 8.82. The Morgan fingerprint density at radius 2 is 2.00 bits per heavy atom. The van der Waals surface area contributed by atoms with Crippen molar-refractivity contribution in [3.8, 4) is 0 Å². The fourth-order valence-electron chi connectivity index (χ4n) is 1.30. The third kappa shape index (κ3) is 2.42. The van der Waals surface area contributed by atoms with Crippen LogP contribution >= 0.6 is 0 Å². The summed E-state index contributed by atoms with van der Waals surface area (Å²) in [6, 6.07) is 7.08. The number of benzene rings is 1. The number of carbonyl (C=O) groups is 1. The molecule has 0 fully saturated rings. The minimum atomic E-state index is -0.539. The smallest absolute Gasteiger partial charge is 0.150 e. The summed E-state index contributed by atoms with van der Waals surface area (Å²) < 4.78 is 0. The predicted molar refractivity (Wildman–Crippen MR) is 56.2 cm³/mol. The number of aldehydes is 1. The van der Waals surface area contributed by atoms with Crippen LogP contribution in [0.5, 0.6) is 0 Å². The summed E-state index contributed by atoms with van der Waals surface area (Å²) in [7, 11) is 0. The van der Waals surface area contributed by atoms with Crippen molar-refractivity contribution in [3.05, 3.63) is 35.4 Å². The number of hydrogen-bond donors (Lipinski definition) is 1. The molecule has 0 bridgehead atoms. The molecule has 0 amide bonds. The molecular weight excluding hydrogens is 176 g/mol. The molecular formula is C12H16O2. The minimum absolute atomic E-state index is 0.207. The lowest BCUT2D eigenvalue weighted by atomic mass is 9.84. The molecule has 1 unspecified atom stereocenters. The monoisotopic (exact) mass is 192 g/mol. The SMILES string of the molecule is CC(C)(C)C(O)c1cccc(C=O)c1. The van der Waals surface area contributed by atoms with E-state index in [-0.39, 0.29) is 5.41 Å². The van der Waals surface area contributed by atoms with Gasteiger partial charge in [-0.2, -0.15) is 0 Å². The molecule has 0 heterocycles. The second-order valence-electron chi connectivity index (χ2n) is 4.56. The van der Waals surface area contributed by atoms with Gasteiger partial charge in [0.15, 0.2) is 0 Å². The summed E-state index contributed by atoms with van der Waals surface area (Å²) in [5.41, 5.74) is 1.19. The van der Waals surface area contributed by atoms with E-state index in [1.54, 1.807) is 18.2 Å². The molecule has 0 aromatic heterocycles. The molecule has 1 N–H and O–H groups in total. The Bertz CT molecular complexity index is 323. The van der Waals surface area contributed by atoms with E-state index in [4.69, 9.17) is 0 Å². The van der Waals surface area contributed by atoms with Gasteiger partial charge in [-0.15, -0.1) is 0 Å². The van der Waals surface area contributed by atoms with E-state index in [0.717, 1.165) is 11.8 Å². The van der Waals surface area contributed by atoms with Gasteiger partial charge in [-0.25, -0.2) is 0 Å². The van der Waals surface area contributed by atoms with Crippen LogP contribution in [0.15, 0.2) is 24.3 Å². The van der Waals surface area contributed by atoms with Crippen LogP contribution in [0.25, 0.3) is 0 Å². The molecule has 14 heavy (non-hydrogen) atoms. The number of rotatable bonds is 2. The van der Waals surface area contributed by atoms with Crippen molar-refractivity contribution in [3.63, 3.8) is 0 Å². The molecule has 1 aromatic carbocycles. The predicted octanol–water partition coefficient (Wildman–Crippen LogP) is 2.58. The molecule has 0 radical (unpaired) electrons. The van der Waals surface area contributed by atoms with Gasteiger partial charge >= 0.3 is 0 Å². The Morgan fingerprint density at radius 1 is 1.36 bits per heavy atom. The average Bonchev–Trinajstić information content (AvgIpc) is 2.15. The van der Waals surface area contributed by atoms with Crippen molar-refractivity contribution < 1.29 is 9.90 Å². The van der Waals surface area contributed by atoms with E-state index >= 15 is 0 Å². The molecule has 0 saturated heterocycles. The first-order valence-corrected chi connectivity index (χ1v) is 4.68. The van der Waals surface area contributed by atoms with Crippen LogP contribution in [0.3, 0.4) is 0 Å². The highest BCUT2D eigenvalue weighted by atomic mass is 16.3. The topological polar surface area (TPSA) is 37.3 Å². The van der Waals surface area contributed by atoms with Crippen LogP contribution in [0, 0.1) is 5.41 Å². The van der Waals surface area contributed by atoms with Gasteiger partial charge < -0.3 is 5.11 Å². The summed E-state index contributed by atoms with van der Waals surface area (Å²) in [6.07, 6.45) is 0.251. The Morgan fingerprint density at radius 3 is 2.50 bits per heavy atom. The number of carbonyl (C=O) groups excluding carboxylic acids is 1. The van der Waals surface area contributed by atoms with Gasteiger partial charge in [0.25, 0.3) is 0 Å². The Labute approximate surface area is 84.6 Å². The van der Waals surface area contributed by atoms with Gasteiger partial charge in [0.1, 0.15) is 6.29 Å². The third-order valence-electron chi connectivity index (χ3n) is 2.18. The van der Waals surface area contributed by atoms with Gasteiger partial charge in [0.05, 0.1) is 6.10 Å². The van der Waals surface area contributed by atoms with Crippen molar-refractivity contribution in [2.75, 3.05) is 0 Å². The highest BCUT2D eigenvalue weighted by Gasteiger charge is 2.23. The zero-order chi connectivity index (χ0) is 10.8. The van der Waals surface area contributed by atoms with Crippen molar-refractivity contribution in [1.82, 2.24) is 0 Å². The molecule has 0 aliphatic heterocycles. The minimum Gasteiger partial charge on any atom is -0.388 e. The number of hydrogen-bond acceptors (Lipinski definition) is 2. The fourth-order valence-corrected chi connectivity index (χ4v) is 1.30. The molecule has 0 spiro atoms. The summed E-state index contributed by atoms with van der Waals surface area (Å²) >= 11 is 0. The third-order valence-corrected chi connectivity index (χ3v) is 2.18. The molecule has 0 aliphatic rings. The lowest BCUT2D eigenvalue weighted by molar-refractivity contribution is 0.0626. The molecule has 1 atom stereocenters. The first-order chi connectivity index (χ1) is 6.45. The molecule has 0 aliphatic carbocycles. The van der Waals surface area contributed by atoms with Crippen molar-refractivity contribution in [2.45, 2.75) is 26.9 Å². The fraction of sp³-hybridized carbons (Fsp3) is 0.417. The summed E-state index contributed by atoms with van der Waals surface area (Å²) in [5, 5.41) is 9.96. The van der Waals surface area contributed by atoms with Gasteiger partial charge in [-0.1, -0.05) is 39.0 Å². The molecule has 1 aromatic rings. The zero-order valence-electron chi connectivity index (χ0n) is 8.82. The Kier molecular flexibility index (Phi) is 3.06. The van der Waals surface area contributed by atoms with Crippen LogP contribution in [0.1, 0.15) is 42.8 Å². The van der Waals surface area contributed by atoms with E-state index in [9.17, 15) is 9.90 Å². The second kappa shape index (κ2) is 3.93. The lowest BCUT2D eigenvalue weighted by Crippen LogP contribution is -2.17. The Hall–Kier alpha value is -1.15. The first-order valence-electron chi connectivity index (χ1n) is 4.68. The van der Waals surface area contributed by atoms with Gasteiger partial charge in [0.2, 0.25) is 0 Å². The standard InChI is InChI=1S/C12H16O2/c1-12(2,3)11(14)10-6-4-5-9(7-10)8-13/h4-8,11,14H,1-3H3. The lowest BCUT2D eigenvalue weighted by Gasteiger charge is -2.26. The van der Waals surface area contributed by atoms with Gasteiger partial charge in [-0.3, -0.25) is 4.79 Å². The summed E-state index contributed by atoms with van der Waals surface area (Å²) in [5.74, 6) is 0. The van der Waals surface area contributed by atoms with Crippen LogP contribution in [-0.2, 0) is 0 Å². The first kappa shape index (κ1) is 10.9. The molecule has 1 rings (SSSR count). The van der Waals surface area contributed by atoms with Crippen LogP contribution in [-0.4, -0.2) is 11.4 Å². The van der Waals surface area contributed by atoms with E-state index < -0.39 is 6.10 Å². The quantitative estimate of drug-likeness (QED) is 0.731. The number of aliphatic hydroxyl groups excluding tert-OH is 1. The Balaban J connectivity index is 3.01. The second-order valence-corrected chi connectivity index (χ2v) is 4.56. The van der Waals surface area contributed by atoms with Crippen LogP contribution < -0.4 is 0 Å². The number of aliphatic hydroxyl groups is 1. The molecule has 76 valence electrons. The maximum atomic E-state index is 10.5. The molecule has 2 heteroatoms. The van der Waals surface area contributed by atoms with E-state index in [1.165, 1.54) is 0 Å². The van der Waals surface area contributed by atoms with Crippen molar-refractivity contribution in [2.24, 2.45) is 5.41 Å². The van der Waals surface area contributed by atoms with Crippen molar-refractivity contribution >= 4 is 6.29 Å². The van der Waals surface area contributed by atoms with Crippen molar-refractivity contribution in [1.29, 1.82) is 0 Å². The highest BCUT2D eigenvalue weighted by Crippen LogP contribution is 2.32. The maximum Gasteiger partial charge on any atom is 0.150 e. The van der Waals surface area contributed by atoms with E-state index in [1.807, 2.05) is 26.8 Å². The van der Waals surface area contributed by atoms with E-state index in [0.29, 0.717) is 5.56 Å². The molecule has 2 nitrogen and oxygen atoms in total. The largest absolute Gasteiger partial charge is 0.388 e. The molecule has 0 saturated carbocycles. The van der Waals surface area contributed by atoms with Crippen LogP contribution in [0.2, 0.25) is 0 Å². The maximum absolute atomic E-state index is 10.5. The summed E-state index contributed by atoms with van der Waals surface area (Å²) in [4.78, 5) is 10.5. The van der Waals surface area contributed by atoms with Gasteiger partial charge in [0, 0.05) is 5.56 Å². The van der Waals surface area contributed by atoms with Gasteiger partial charge in [-0.05, 0) is 17.0 Å². The van der Waals surface area contributed by atoms with E-state index in [2.05, 4.69) is 0 Å². The van der Waals surface area contributed by atoms with Crippen LogP contribution in [0.4, 0.5) is 0 Å². The normalized spacial score (nSPS) is 13.7. The highest BCUT2D eigenvalue weighted by molar-refractivity contribution is 5.74. The average molecular weight is 192 g/mol.